The Labute approximate surface area is 145 Å². The van der Waals surface area contributed by atoms with Crippen LogP contribution in [0.15, 0.2) is 41.4 Å². The molecule has 0 spiro atoms. The average molecular weight is 367 g/mol. The van der Waals surface area contributed by atoms with Gasteiger partial charge in [0.15, 0.2) is 0 Å². The first-order valence-corrected chi connectivity index (χ1v) is 9.22. The number of hydrogen-bond acceptors (Lipinski definition) is 6. The first-order valence-electron chi connectivity index (χ1n) is 7.78. The third kappa shape index (κ3) is 4.05. The zero-order chi connectivity index (χ0) is 17.9. The summed E-state index contributed by atoms with van der Waals surface area (Å²) < 4.78 is 50.5. The van der Waals surface area contributed by atoms with Crippen LogP contribution in [0.25, 0.3) is 0 Å². The zero-order valence-corrected chi connectivity index (χ0v) is 14.4. The van der Waals surface area contributed by atoms with Crippen LogP contribution in [0.1, 0.15) is 12.8 Å². The van der Waals surface area contributed by atoms with Crippen molar-refractivity contribution in [3.05, 3.63) is 42.3 Å². The van der Waals surface area contributed by atoms with Crippen LogP contribution in [0.5, 0.6) is 11.9 Å². The molecule has 0 aliphatic carbocycles. The van der Waals surface area contributed by atoms with Gasteiger partial charge in [0, 0.05) is 25.4 Å². The molecular formula is C16H18FN3O4S. The van der Waals surface area contributed by atoms with Gasteiger partial charge >= 0.3 is 6.01 Å². The molecule has 1 fully saturated rings. The molecule has 1 aliphatic rings. The number of rotatable bonds is 5. The molecule has 2 aromatic rings. The summed E-state index contributed by atoms with van der Waals surface area (Å²) in [5.74, 6) is -0.185. The van der Waals surface area contributed by atoms with Crippen molar-refractivity contribution in [3.8, 4) is 11.9 Å². The third-order valence-electron chi connectivity index (χ3n) is 3.91. The quantitative estimate of drug-likeness (QED) is 0.802. The molecule has 134 valence electrons. The number of halogens is 1. The summed E-state index contributed by atoms with van der Waals surface area (Å²) >= 11 is 0. The van der Waals surface area contributed by atoms with E-state index in [0.717, 1.165) is 6.07 Å². The number of hydrogen-bond donors (Lipinski definition) is 0. The Morgan fingerprint density at radius 3 is 2.68 bits per heavy atom. The highest BCUT2D eigenvalue weighted by Gasteiger charge is 2.30. The van der Waals surface area contributed by atoms with Gasteiger partial charge in [0.2, 0.25) is 15.9 Å². The average Bonchev–Trinajstić information content (AvgIpc) is 2.62. The van der Waals surface area contributed by atoms with Crippen LogP contribution in [0.2, 0.25) is 0 Å². The van der Waals surface area contributed by atoms with Crippen LogP contribution in [-0.2, 0) is 10.0 Å². The molecule has 0 unspecified atom stereocenters. The van der Waals surface area contributed by atoms with Crippen molar-refractivity contribution in [2.75, 3.05) is 20.2 Å². The van der Waals surface area contributed by atoms with Crippen LogP contribution in [0.4, 0.5) is 4.39 Å². The highest BCUT2D eigenvalue weighted by atomic mass is 32.2. The fourth-order valence-corrected chi connectivity index (χ4v) is 4.13. The lowest BCUT2D eigenvalue weighted by Gasteiger charge is -2.31. The van der Waals surface area contributed by atoms with E-state index in [4.69, 9.17) is 9.47 Å². The van der Waals surface area contributed by atoms with Crippen LogP contribution >= 0.6 is 0 Å². The molecule has 0 saturated carbocycles. The normalized spacial score (nSPS) is 16.6. The SMILES string of the molecule is COc1nccc(OC2CCN(S(=O)(=O)c3cccc(F)c3)CC2)n1. The maximum atomic E-state index is 13.3. The summed E-state index contributed by atoms with van der Waals surface area (Å²) in [5, 5.41) is 0. The monoisotopic (exact) mass is 367 g/mol. The van der Waals surface area contributed by atoms with Gasteiger partial charge in [-0.1, -0.05) is 6.07 Å². The number of sulfonamides is 1. The molecule has 1 aliphatic heterocycles. The number of nitrogens with zero attached hydrogens (tertiary/aromatic N) is 3. The molecule has 1 saturated heterocycles. The summed E-state index contributed by atoms with van der Waals surface area (Å²) in [5.41, 5.74) is 0. The van der Waals surface area contributed by atoms with E-state index in [9.17, 15) is 12.8 Å². The predicted molar refractivity (Wildman–Crippen MR) is 87.4 cm³/mol. The van der Waals surface area contributed by atoms with Crippen molar-refractivity contribution in [1.29, 1.82) is 0 Å². The van der Waals surface area contributed by atoms with Crippen molar-refractivity contribution in [1.82, 2.24) is 14.3 Å². The Balaban J connectivity index is 1.63. The molecule has 2 heterocycles. The van der Waals surface area contributed by atoms with Gasteiger partial charge in [-0.3, -0.25) is 0 Å². The Hall–Kier alpha value is -2.26. The van der Waals surface area contributed by atoms with Crippen LogP contribution in [0, 0.1) is 5.82 Å². The standard InChI is InChI=1S/C16H18FN3O4S/c1-23-16-18-8-5-15(19-16)24-13-6-9-20(10-7-13)25(21,22)14-4-2-3-12(17)11-14/h2-5,8,11,13H,6-7,9-10H2,1H3. The van der Waals surface area contributed by atoms with Crippen molar-refractivity contribution >= 4 is 10.0 Å². The molecule has 0 N–H and O–H groups in total. The molecule has 3 rings (SSSR count). The maximum Gasteiger partial charge on any atom is 0.319 e. The van der Waals surface area contributed by atoms with Crippen LogP contribution < -0.4 is 9.47 Å². The Kier molecular flexibility index (Phi) is 5.14. The number of piperidine rings is 1. The summed E-state index contributed by atoms with van der Waals surface area (Å²) in [6.45, 7) is 0.595. The second-order valence-electron chi connectivity index (χ2n) is 5.56. The van der Waals surface area contributed by atoms with Crippen LogP contribution in [-0.4, -0.2) is 49.0 Å². The fraction of sp³-hybridized carbons (Fsp3) is 0.375. The lowest BCUT2D eigenvalue weighted by atomic mass is 10.1. The number of benzene rings is 1. The van der Waals surface area contributed by atoms with Gasteiger partial charge in [-0.05, 0) is 31.0 Å². The molecule has 9 heteroatoms. The van der Waals surface area contributed by atoms with Crippen molar-refractivity contribution in [2.24, 2.45) is 0 Å². The minimum Gasteiger partial charge on any atom is -0.474 e. The van der Waals surface area contributed by atoms with Gasteiger partial charge < -0.3 is 9.47 Å². The number of aromatic nitrogens is 2. The summed E-state index contributed by atoms with van der Waals surface area (Å²) in [4.78, 5) is 7.95. The zero-order valence-electron chi connectivity index (χ0n) is 13.6. The van der Waals surface area contributed by atoms with Gasteiger partial charge in [0.25, 0.3) is 0 Å². The summed E-state index contributed by atoms with van der Waals surface area (Å²) in [6.07, 6.45) is 2.41. The van der Waals surface area contributed by atoms with Crippen molar-refractivity contribution < 1.29 is 22.3 Å². The largest absolute Gasteiger partial charge is 0.474 e. The molecule has 7 nitrogen and oxygen atoms in total. The van der Waals surface area contributed by atoms with E-state index in [1.807, 2.05) is 0 Å². The highest BCUT2D eigenvalue weighted by Crippen LogP contribution is 2.23. The molecule has 0 bridgehead atoms. The van der Waals surface area contributed by atoms with Crippen molar-refractivity contribution in [3.63, 3.8) is 0 Å². The molecule has 1 aromatic carbocycles. The topological polar surface area (TPSA) is 81.6 Å². The maximum absolute atomic E-state index is 13.3. The first kappa shape index (κ1) is 17.6. The minimum absolute atomic E-state index is 0.0348. The van der Waals surface area contributed by atoms with E-state index < -0.39 is 15.8 Å². The van der Waals surface area contributed by atoms with E-state index in [0.29, 0.717) is 31.8 Å². The molecule has 25 heavy (non-hydrogen) atoms. The molecule has 0 atom stereocenters. The number of methoxy groups -OCH3 is 1. The second kappa shape index (κ2) is 7.32. The van der Waals surface area contributed by atoms with Gasteiger partial charge in [0.05, 0.1) is 12.0 Å². The van der Waals surface area contributed by atoms with E-state index in [-0.39, 0.29) is 17.0 Å². The molecule has 0 amide bonds. The Morgan fingerprint density at radius 2 is 2.00 bits per heavy atom. The van der Waals surface area contributed by atoms with Gasteiger partial charge in [0.1, 0.15) is 11.9 Å². The van der Waals surface area contributed by atoms with E-state index in [1.54, 1.807) is 6.07 Å². The summed E-state index contributed by atoms with van der Waals surface area (Å²) in [6, 6.07) is 6.87. The molecule has 1 aromatic heterocycles. The van der Waals surface area contributed by atoms with E-state index in [1.165, 1.54) is 35.8 Å². The van der Waals surface area contributed by atoms with E-state index in [2.05, 4.69) is 9.97 Å². The van der Waals surface area contributed by atoms with Gasteiger partial charge in [-0.2, -0.15) is 9.29 Å². The Morgan fingerprint density at radius 1 is 1.24 bits per heavy atom. The fourth-order valence-electron chi connectivity index (χ4n) is 2.63. The lowest BCUT2D eigenvalue weighted by molar-refractivity contribution is 0.128. The van der Waals surface area contributed by atoms with Crippen LogP contribution in [0.3, 0.4) is 0 Å². The van der Waals surface area contributed by atoms with Gasteiger partial charge in [-0.25, -0.2) is 17.8 Å². The predicted octanol–water partition coefficient (Wildman–Crippen LogP) is 1.86. The third-order valence-corrected chi connectivity index (χ3v) is 5.81. The molecule has 0 radical (unpaired) electrons. The highest BCUT2D eigenvalue weighted by molar-refractivity contribution is 7.89. The Bertz CT molecular complexity index is 839. The number of ether oxygens (including phenoxy) is 2. The van der Waals surface area contributed by atoms with Gasteiger partial charge in [-0.15, -0.1) is 0 Å². The smallest absolute Gasteiger partial charge is 0.319 e. The van der Waals surface area contributed by atoms with Crippen molar-refractivity contribution in [2.45, 2.75) is 23.8 Å². The first-order chi connectivity index (χ1) is 12.0. The lowest BCUT2D eigenvalue weighted by Crippen LogP contribution is -2.41. The summed E-state index contributed by atoms with van der Waals surface area (Å²) in [7, 11) is -2.23. The minimum atomic E-state index is -3.70. The second-order valence-corrected chi connectivity index (χ2v) is 7.50. The van der Waals surface area contributed by atoms with E-state index >= 15 is 0 Å². The molecular weight excluding hydrogens is 349 g/mol.